The fraction of sp³-hybridized carbons (Fsp3) is 0.314. The van der Waals surface area contributed by atoms with Gasteiger partial charge in [-0.3, -0.25) is 9.59 Å². The van der Waals surface area contributed by atoms with Crippen molar-refractivity contribution in [2.24, 2.45) is 17.6 Å². The van der Waals surface area contributed by atoms with Crippen LogP contribution in [0.1, 0.15) is 73.7 Å². The van der Waals surface area contributed by atoms with Gasteiger partial charge in [-0.05, 0) is 96.5 Å². The highest BCUT2D eigenvalue weighted by Crippen LogP contribution is 2.45. The molecule has 9 nitrogen and oxygen atoms in total. The number of pyridine rings is 1. The van der Waals surface area contributed by atoms with Gasteiger partial charge in [0.1, 0.15) is 11.4 Å². The van der Waals surface area contributed by atoms with Crippen LogP contribution in [0, 0.1) is 18.8 Å². The summed E-state index contributed by atoms with van der Waals surface area (Å²) in [6, 6.07) is 14.3. The van der Waals surface area contributed by atoms with Gasteiger partial charge in [-0.15, -0.1) is 11.3 Å². The molecule has 0 saturated heterocycles. The Kier molecular flexibility index (Phi) is 7.63. The van der Waals surface area contributed by atoms with Crippen LogP contribution >= 0.6 is 11.3 Å². The molecule has 2 amide bonds. The van der Waals surface area contributed by atoms with Crippen LogP contribution in [0.2, 0.25) is 0 Å². The van der Waals surface area contributed by atoms with Crippen LogP contribution < -0.4 is 21.1 Å². The van der Waals surface area contributed by atoms with E-state index in [1.54, 1.807) is 29.5 Å². The van der Waals surface area contributed by atoms with Crippen molar-refractivity contribution in [1.82, 2.24) is 10.3 Å². The Morgan fingerprint density at radius 1 is 1.02 bits per heavy atom. The Balaban J connectivity index is 1.30. The maximum atomic E-state index is 14.0. The number of aryl methyl sites for hydroxylation is 1. The summed E-state index contributed by atoms with van der Waals surface area (Å²) in [6.45, 7) is 2.72. The number of hydrogen-bond acceptors (Lipinski definition) is 7. The summed E-state index contributed by atoms with van der Waals surface area (Å²) >= 11 is 1.57. The molecule has 2 aromatic carbocycles. The molecule has 7 rings (SSSR count). The lowest BCUT2D eigenvalue weighted by molar-refractivity contribution is 0.0691. The number of aromatic carboxylic acids is 1. The molecular weight excluding hydrogens is 588 g/mol. The van der Waals surface area contributed by atoms with Crippen LogP contribution in [0.15, 0.2) is 53.9 Å². The number of ether oxygens (including phenoxy) is 1. The van der Waals surface area contributed by atoms with E-state index < -0.39 is 11.9 Å². The van der Waals surface area contributed by atoms with Crippen LogP contribution in [0.5, 0.6) is 5.75 Å². The number of thiophene rings is 1. The molecular formula is C35H34N4O5S. The normalized spacial score (nSPS) is 19.6. The average molecular weight is 623 g/mol. The molecule has 4 aromatic rings. The number of carbonyl (C=O) groups excluding carboxylic acids is 2. The van der Waals surface area contributed by atoms with Crippen LogP contribution in [0.4, 0.5) is 5.69 Å². The summed E-state index contributed by atoms with van der Waals surface area (Å²) in [5, 5.41) is 18.4. The molecule has 0 unspecified atom stereocenters. The zero-order valence-electron chi connectivity index (χ0n) is 24.9. The maximum absolute atomic E-state index is 14.0. The van der Waals surface area contributed by atoms with E-state index in [1.807, 2.05) is 30.5 Å². The zero-order valence-corrected chi connectivity index (χ0v) is 25.7. The van der Waals surface area contributed by atoms with Crippen molar-refractivity contribution in [2.45, 2.75) is 51.6 Å². The summed E-state index contributed by atoms with van der Waals surface area (Å²) in [6.07, 6.45) is 5.11. The summed E-state index contributed by atoms with van der Waals surface area (Å²) in [4.78, 5) is 45.2. The molecule has 230 valence electrons. The van der Waals surface area contributed by atoms with Crippen LogP contribution in [-0.4, -0.2) is 40.5 Å². The molecule has 0 spiro atoms. The quantitative estimate of drug-likeness (QED) is 0.197. The Morgan fingerprint density at radius 2 is 1.89 bits per heavy atom. The molecule has 2 bridgehead atoms. The number of hydrogen-bond donors (Lipinski definition) is 4. The lowest BCUT2D eigenvalue weighted by Gasteiger charge is -2.23. The molecule has 2 aliphatic carbocycles. The second-order valence-electron chi connectivity index (χ2n) is 12.2. The lowest BCUT2D eigenvalue weighted by Crippen LogP contribution is -2.39. The number of carbonyl (C=O) groups is 3. The first-order chi connectivity index (χ1) is 21.8. The predicted octanol–water partition coefficient (Wildman–Crippen LogP) is 6.05. The van der Waals surface area contributed by atoms with E-state index in [1.165, 1.54) is 12.5 Å². The highest BCUT2D eigenvalue weighted by atomic mass is 32.1. The molecule has 2 fully saturated rings. The van der Waals surface area contributed by atoms with Gasteiger partial charge in [0.25, 0.3) is 11.8 Å². The number of amides is 2. The maximum Gasteiger partial charge on any atom is 0.355 e. The number of carboxylic acid groups (broad SMARTS) is 1. The largest absolute Gasteiger partial charge is 0.493 e. The summed E-state index contributed by atoms with van der Waals surface area (Å²) in [5.41, 5.74) is 10.7. The molecule has 2 aromatic heterocycles. The van der Waals surface area contributed by atoms with Gasteiger partial charge in [0.05, 0.1) is 6.61 Å². The summed E-state index contributed by atoms with van der Waals surface area (Å²) in [7, 11) is 0. The summed E-state index contributed by atoms with van der Waals surface area (Å²) < 4.78 is 6.14. The predicted molar refractivity (Wildman–Crippen MR) is 173 cm³/mol. The van der Waals surface area contributed by atoms with E-state index >= 15 is 0 Å². The molecule has 0 radical (unpaired) electrons. The van der Waals surface area contributed by atoms with Crippen molar-refractivity contribution in [3.05, 3.63) is 87.6 Å². The van der Waals surface area contributed by atoms with E-state index in [4.69, 9.17) is 10.5 Å². The smallest absolute Gasteiger partial charge is 0.355 e. The fourth-order valence-corrected chi connectivity index (χ4v) is 8.12. The number of benzene rings is 2. The van der Waals surface area contributed by atoms with Crippen LogP contribution in [-0.2, 0) is 13.0 Å². The average Bonchev–Trinajstić information content (AvgIpc) is 3.77. The minimum atomic E-state index is -1.30. The Morgan fingerprint density at radius 3 is 2.62 bits per heavy atom. The number of anilines is 1. The van der Waals surface area contributed by atoms with E-state index in [9.17, 15) is 19.5 Å². The molecule has 2 saturated carbocycles. The van der Waals surface area contributed by atoms with Crippen molar-refractivity contribution >= 4 is 34.8 Å². The van der Waals surface area contributed by atoms with Gasteiger partial charge in [0.15, 0.2) is 5.69 Å². The van der Waals surface area contributed by atoms with E-state index in [-0.39, 0.29) is 34.5 Å². The van der Waals surface area contributed by atoms with E-state index in [0.29, 0.717) is 48.4 Å². The number of carboxylic acids is 1. The highest BCUT2D eigenvalue weighted by molar-refractivity contribution is 7.13. The van der Waals surface area contributed by atoms with Gasteiger partial charge >= 0.3 is 5.97 Å². The highest BCUT2D eigenvalue weighted by Gasteiger charge is 2.40. The lowest BCUT2D eigenvalue weighted by atomic mass is 9.93. The van der Waals surface area contributed by atoms with Gasteiger partial charge in [0, 0.05) is 51.8 Å². The van der Waals surface area contributed by atoms with E-state index in [0.717, 1.165) is 46.4 Å². The molecule has 3 atom stereocenters. The van der Waals surface area contributed by atoms with Crippen molar-refractivity contribution in [3.63, 3.8) is 0 Å². The van der Waals surface area contributed by atoms with Crippen LogP contribution in [0.25, 0.3) is 21.6 Å². The van der Waals surface area contributed by atoms with Crippen molar-refractivity contribution in [2.75, 3.05) is 11.9 Å². The van der Waals surface area contributed by atoms with Crippen molar-refractivity contribution in [3.8, 4) is 27.3 Å². The first-order valence-corrected chi connectivity index (χ1v) is 16.2. The third-order valence-corrected chi connectivity index (χ3v) is 10.4. The monoisotopic (exact) mass is 622 g/mol. The Labute approximate surface area is 264 Å². The number of nitrogens with one attached hydrogen (secondary N) is 2. The summed E-state index contributed by atoms with van der Waals surface area (Å²) in [5.74, 6) is -0.412. The van der Waals surface area contributed by atoms with Crippen molar-refractivity contribution in [1.29, 1.82) is 0 Å². The van der Waals surface area contributed by atoms with Gasteiger partial charge < -0.3 is 26.2 Å². The third kappa shape index (κ3) is 5.49. The molecule has 3 heterocycles. The Bertz CT molecular complexity index is 1850. The molecule has 5 N–H and O–H groups in total. The van der Waals surface area contributed by atoms with Gasteiger partial charge in [0.2, 0.25) is 0 Å². The van der Waals surface area contributed by atoms with Gasteiger partial charge in [-0.2, -0.15) is 0 Å². The first kappa shape index (κ1) is 29.2. The molecule has 45 heavy (non-hydrogen) atoms. The SMILES string of the molecule is Cc1cc(CN)ccc1NC(=O)c1cc2c(cc1-c1ccc(C(=O)N[C@H]3C[C@@H]4CC[C@H]3C4)nc1C(=O)O)OCCc1ccsc1-2. The number of aromatic nitrogens is 1. The van der Waals surface area contributed by atoms with Gasteiger partial charge in [-0.1, -0.05) is 18.6 Å². The van der Waals surface area contributed by atoms with Crippen molar-refractivity contribution < 1.29 is 24.2 Å². The zero-order chi connectivity index (χ0) is 31.2. The fourth-order valence-electron chi connectivity index (χ4n) is 7.14. The molecule has 10 heteroatoms. The van der Waals surface area contributed by atoms with Gasteiger partial charge in [-0.25, -0.2) is 9.78 Å². The Hall–Kier alpha value is -4.54. The van der Waals surface area contributed by atoms with Crippen LogP contribution in [0.3, 0.4) is 0 Å². The van der Waals surface area contributed by atoms with E-state index in [2.05, 4.69) is 21.7 Å². The topological polar surface area (TPSA) is 144 Å². The minimum Gasteiger partial charge on any atom is -0.493 e. The third-order valence-electron chi connectivity index (χ3n) is 9.43. The number of nitrogens with two attached hydrogens (primary N) is 1. The number of fused-ring (bicyclic) bond motifs is 5. The minimum absolute atomic E-state index is 0.0368. The second kappa shape index (κ2) is 11.8. The second-order valence-corrected chi connectivity index (χ2v) is 13.1. The first-order valence-electron chi connectivity index (χ1n) is 15.3. The number of rotatable bonds is 7. The molecule has 3 aliphatic rings. The molecule has 1 aliphatic heterocycles. The standard InChI is InChI=1S/C35H34N4O5S/c1-18-12-20(17-36)3-6-27(18)38-33(40)25-15-26-30(44-10-8-21-9-11-45-32(21)26)16-24(25)23-5-7-28(37-31(23)35(42)43)34(41)39-29-14-19-2-4-22(29)13-19/h3,5-7,9,11-12,15-16,19,22,29H,2,4,8,10,13-14,17,36H2,1H3,(H,38,40)(H,39,41)(H,42,43)/t19-,22+,29+/m1/s1. The number of nitrogens with zero attached hydrogens (tertiary/aromatic N) is 1.